The van der Waals surface area contributed by atoms with E-state index in [1.807, 2.05) is 25.2 Å². The fourth-order valence-electron chi connectivity index (χ4n) is 2.90. The highest BCUT2D eigenvalue weighted by Gasteiger charge is 2.22. The van der Waals surface area contributed by atoms with Gasteiger partial charge in [-0.15, -0.1) is 0 Å². The van der Waals surface area contributed by atoms with Crippen LogP contribution in [0, 0.1) is 0 Å². The van der Waals surface area contributed by atoms with Crippen molar-refractivity contribution in [3.63, 3.8) is 0 Å². The van der Waals surface area contributed by atoms with Gasteiger partial charge in [-0.2, -0.15) is 4.31 Å². The number of hydrogen-bond acceptors (Lipinski definition) is 4. The summed E-state index contributed by atoms with van der Waals surface area (Å²) in [5, 5.41) is 2.80. The van der Waals surface area contributed by atoms with Crippen LogP contribution in [0.1, 0.15) is 19.5 Å². The molecule has 8 heteroatoms. The molecule has 0 aliphatic heterocycles. The molecule has 1 atom stereocenters. The number of likely N-dealkylation sites (N-methyl/N-ethyl adjacent to an activating group) is 1. The fraction of sp³-hybridized carbons (Fsp3) is 0.400. The van der Waals surface area contributed by atoms with Gasteiger partial charge in [-0.05, 0) is 30.3 Å². The predicted molar refractivity (Wildman–Crippen MR) is 110 cm³/mol. The van der Waals surface area contributed by atoms with E-state index in [4.69, 9.17) is 0 Å². The van der Waals surface area contributed by atoms with Gasteiger partial charge >= 0.3 is 0 Å². The molecule has 0 aliphatic rings. The molecule has 0 saturated carbocycles. The Kier molecular flexibility index (Phi) is 8.10. The fourth-order valence-corrected chi connectivity index (χ4v) is 4.41. The van der Waals surface area contributed by atoms with E-state index in [-0.39, 0.29) is 10.8 Å². The summed E-state index contributed by atoms with van der Waals surface area (Å²) in [7, 11) is -1.60. The number of nitrogens with one attached hydrogen (secondary N) is 2. The summed E-state index contributed by atoms with van der Waals surface area (Å²) in [6, 6.07) is 12.2. The van der Waals surface area contributed by atoms with Crippen LogP contribution in [0.15, 0.2) is 53.6 Å². The zero-order chi connectivity index (χ0) is 20.6. The number of nitrogens with zero attached hydrogens (tertiary/aromatic N) is 2. The van der Waals surface area contributed by atoms with Crippen molar-refractivity contribution in [3.05, 3.63) is 54.4 Å². The van der Waals surface area contributed by atoms with Gasteiger partial charge in [0.2, 0.25) is 10.0 Å². The average Bonchev–Trinajstić information content (AvgIpc) is 2.68. The third-order valence-corrected chi connectivity index (χ3v) is 6.50. The Balaban J connectivity index is 1.95. The van der Waals surface area contributed by atoms with Crippen molar-refractivity contribution in [2.75, 3.05) is 38.5 Å². The van der Waals surface area contributed by atoms with E-state index in [2.05, 4.69) is 10.3 Å². The SMILES string of the molecule is CCN(CC)S(=O)(=O)c1cccc(NC(=O)C[NH+](C)CCc2ccccn2)c1. The molecule has 2 rings (SSSR count). The Morgan fingerprint density at radius 3 is 2.54 bits per heavy atom. The van der Waals surface area contributed by atoms with E-state index in [1.54, 1.807) is 38.2 Å². The standard InChI is InChI=1S/C20H28N4O3S/c1-4-24(5-2)28(26,27)19-11-8-10-18(15-19)22-20(25)16-23(3)14-12-17-9-6-7-13-21-17/h6-11,13,15H,4-5,12,14,16H2,1-3H3,(H,22,25)/p+1. The molecule has 0 radical (unpaired) electrons. The molecule has 2 N–H and O–H groups in total. The minimum Gasteiger partial charge on any atom is -0.329 e. The summed E-state index contributed by atoms with van der Waals surface area (Å²) >= 11 is 0. The van der Waals surface area contributed by atoms with E-state index < -0.39 is 10.0 Å². The van der Waals surface area contributed by atoms with Crippen LogP contribution in [0.25, 0.3) is 0 Å². The number of benzene rings is 1. The third kappa shape index (κ3) is 6.12. The Morgan fingerprint density at radius 1 is 1.14 bits per heavy atom. The first-order valence-electron chi connectivity index (χ1n) is 9.48. The molecule has 0 bridgehead atoms. The Morgan fingerprint density at radius 2 is 1.89 bits per heavy atom. The highest BCUT2D eigenvalue weighted by Crippen LogP contribution is 2.19. The Hall–Kier alpha value is -2.29. The first-order valence-corrected chi connectivity index (χ1v) is 10.9. The van der Waals surface area contributed by atoms with Crippen molar-refractivity contribution in [1.29, 1.82) is 0 Å². The number of aromatic nitrogens is 1. The first kappa shape index (κ1) is 22.0. The summed E-state index contributed by atoms with van der Waals surface area (Å²) in [5.74, 6) is -0.157. The number of pyridine rings is 1. The number of quaternary nitrogens is 1. The van der Waals surface area contributed by atoms with Gasteiger partial charge in [0, 0.05) is 37.1 Å². The van der Waals surface area contributed by atoms with Crippen LogP contribution in [0.5, 0.6) is 0 Å². The van der Waals surface area contributed by atoms with Crippen molar-refractivity contribution in [2.24, 2.45) is 0 Å². The van der Waals surface area contributed by atoms with Gasteiger partial charge in [-0.25, -0.2) is 8.42 Å². The molecule has 0 saturated heterocycles. The predicted octanol–water partition coefficient (Wildman–Crippen LogP) is 0.808. The average molecular weight is 406 g/mol. The number of amides is 1. The van der Waals surface area contributed by atoms with Crippen molar-refractivity contribution in [2.45, 2.75) is 25.2 Å². The summed E-state index contributed by atoms with van der Waals surface area (Å²) in [5.41, 5.74) is 1.48. The molecule has 1 aromatic heterocycles. The maximum absolute atomic E-state index is 12.6. The topological polar surface area (TPSA) is 83.8 Å². The molecular formula is C20H29N4O3S+. The molecule has 1 unspecified atom stereocenters. The summed E-state index contributed by atoms with van der Waals surface area (Å²) in [6.45, 7) is 5.48. The van der Waals surface area contributed by atoms with Crippen LogP contribution in [0.2, 0.25) is 0 Å². The lowest BCUT2D eigenvalue weighted by molar-refractivity contribution is -0.870. The van der Waals surface area contributed by atoms with Crippen molar-refractivity contribution in [3.8, 4) is 0 Å². The van der Waals surface area contributed by atoms with E-state index in [0.717, 1.165) is 23.6 Å². The molecule has 1 heterocycles. The largest absolute Gasteiger partial charge is 0.329 e. The number of rotatable bonds is 10. The summed E-state index contributed by atoms with van der Waals surface area (Å²) < 4.78 is 26.7. The Bertz CT molecular complexity index is 868. The maximum atomic E-state index is 12.6. The van der Waals surface area contributed by atoms with Crippen LogP contribution >= 0.6 is 0 Å². The zero-order valence-corrected chi connectivity index (χ0v) is 17.5. The quantitative estimate of drug-likeness (QED) is 0.613. The van der Waals surface area contributed by atoms with Crippen LogP contribution in [0.4, 0.5) is 5.69 Å². The smallest absolute Gasteiger partial charge is 0.279 e. The van der Waals surface area contributed by atoms with Gasteiger partial charge in [0.1, 0.15) is 0 Å². The van der Waals surface area contributed by atoms with Gasteiger partial charge in [-0.3, -0.25) is 9.78 Å². The molecule has 1 aromatic carbocycles. The molecular weight excluding hydrogens is 376 g/mol. The Labute approximate surface area is 167 Å². The maximum Gasteiger partial charge on any atom is 0.279 e. The minimum atomic E-state index is -3.55. The second kappa shape index (κ2) is 10.3. The monoisotopic (exact) mass is 405 g/mol. The molecule has 28 heavy (non-hydrogen) atoms. The lowest BCUT2D eigenvalue weighted by atomic mass is 10.2. The summed E-state index contributed by atoms with van der Waals surface area (Å²) in [4.78, 5) is 17.9. The first-order chi connectivity index (χ1) is 13.4. The molecule has 2 aromatic rings. The lowest BCUT2D eigenvalue weighted by Gasteiger charge is -2.19. The lowest BCUT2D eigenvalue weighted by Crippen LogP contribution is -3.10. The van der Waals surface area contributed by atoms with Gasteiger partial charge < -0.3 is 10.2 Å². The van der Waals surface area contributed by atoms with E-state index in [1.165, 1.54) is 10.4 Å². The molecule has 0 spiro atoms. The van der Waals surface area contributed by atoms with Gasteiger partial charge in [0.15, 0.2) is 6.54 Å². The number of hydrogen-bond donors (Lipinski definition) is 2. The highest BCUT2D eigenvalue weighted by atomic mass is 32.2. The van der Waals surface area contributed by atoms with Gasteiger partial charge in [0.05, 0.1) is 18.5 Å². The molecule has 1 amide bonds. The van der Waals surface area contributed by atoms with E-state index in [0.29, 0.717) is 25.3 Å². The van der Waals surface area contributed by atoms with E-state index >= 15 is 0 Å². The van der Waals surface area contributed by atoms with Crippen molar-refractivity contribution < 1.29 is 18.1 Å². The van der Waals surface area contributed by atoms with E-state index in [9.17, 15) is 13.2 Å². The number of anilines is 1. The zero-order valence-electron chi connectivity index (χ0n) is 16.7. The van der Waals surface area contributed by atoms with Crippen LogP contribution in [-0.2, 0) is 21.2 Å². The van der Waals surface area contributed by atoms with Crippen LogP contribution in [-0.4, -0.2) is 56.8 Å². The second-order valence-corrected chi connectivity index (χ2v) is 8.56. The molecule has 0 fully saturated rings. The molecule has 152 valence electrons. The summed E-state index contributed by atoms with van der Waals surface area (Å²) in [6.07, 6.45) is 2.55. The minimum absolute atomic E-state index is 0.157. The third-order valence-electron chi connectivity index (χ3n) is 4.46. The number of carbonyl (C=O) groups is 1. The molecule has 7 nitrogen and oxygen atoms in total. The second-order valence-electron chi connectivity index (χ2n) is 6.62. The highest BCUT2D eigenvalue weighted by molar-refractivity contribution is 7.89. The van der Waals surface area contributed by atoms with Crippen molar-refractivity contribution in [1.82, 2.24) is 9.29 Å². The van der Waals surface area contributed by atoms with Crippen LogP contribution < -0.4 is 10.2 Å². The molecule has 0 aliphatic carbocycles. The number of sulfonamides is 1. The normalized spacial score (nSPS) is 12.7. The van der Waals surface area contributed by atoms with Crippen LogP contribution in [0.3, 0.4) is 0 Å². The van der Waals surface area contributed by atoms with Gasteiger partial charge in [-0.1, -0.05) is 26.0 Å². The van der Waals surface area contributed by atoms with Crippen molar-refractivity contribution >= 4 is 21.6 Å². The number of carbonyl (C=O) groups excluding carboxylic acids is 1. The van der Waals surface area contributed by atoms with Gasteiger partial charge in [0.25, 0.3) is 5.91 Å².